The minimum absolute atomic E-state index is 0.272. The molecule has 0 radical (unpaired) electrons. The van der Waals surface area contributed by atoms with Gasteiger partial charge in [0.2, 0.25) is 0 Å². The van der Waals surface area contributed by atoms with Crippen molar-refractivity contribution < 1.29 is 5.11 Å². The molecule has 0 spiro atoms. The number of nitrogens with one attached hydrogen (secondary N) is 1. The fraction of sp³-hybridized carbons (Fsp3) is 0.727. The van der Waals surface area contributed by atoms with Gasteiger partial charge in [0.25, 0.3) is 0 Å². The number of H-pyrrole nitrogens is 1. The zero-order valence-corrected chi connectivity index (χ0v) is 9.24. The molecule has 2 rings (SSSR count). The molecule has 0 atom stereocenters. The molecule has 0 aliphatic carbocycles. The van der Waals surface area contributed by atoms with E-state index in [1.807, 2.05) is 6.20 Å². The van der Waals surface area contributed by atoms with Gasteiger partial charge in [-0.1, -0.05) is 0 Å². The number of aromatic amines is 1. The van der Waals surface area contributed by atoms with Crippen LogP contribution < -0.4 is 0 Å². The second kappa shape index (κ2) is 4.77. The summed E-state index contributed by atoms with van der Waals surface area (Å²) >= 11 is 0. The maximum absolute atomic E-state index is 8.85. The summed E-state index contributed by atoms with van der Waals surface area (Å²) < 4.78 is 0. The van der Waals surface area contributed by atoms with Crippen molar-refractivity contribution in [2.24, 2.45) is 0 Å². The van der Waals surface area contributed by atoms with Crippen molar-refractivity contribution in [2.75, 3.05) is 26.2 Å². The number of aliphatic hydroxyl groups is 1. The second-order valence-electron chi connectivity index (χ2n) is 4.31. The van der Waals surface area contributed by atoms with Crippen molar-refractivity contribution in [2.45, 2.75) is 25.7 Å². The third kappa shape index (κ3) is 2.38. The molecule has 1 aliphatic rings. The van der Waals surface area contributed by atoms with Crippen molar-refractivity contribution in [1.82, 2.24) is 15.1 Å². The van der Waals surface area contributed by atoms with Gasteiger partial charge in [-0.2, -0.15) is 5.10 Å². The first-order valence-electron chi connectivity index (χ1n) is 5.64. The Balaban J connectivity index is 1.91. The number of rotatable bonds is 3. The molecule has 15 heavy (non-hydrogen) atoms. The van der Waals surface area contributed by atoms with Crippen molar-refractivity contribution in [3.8, 4) is 0 Å². The number of aromatic nitrogens is 2. The lowest BCUT2D eigenvalue weighted by atomic mass is 9.92. The molecule has 0 amide bonds. The molecular formula is C11H19N3O. The number of aliphatic hydroxyl groups excluding tert-OH is 1. The van der Waals surface area contributed by atoms with Crippen molar-refractivity contribution in [3.05, 3.63) is 17.5 Å². The Labute approximate surface area is 90.3 Å². The highest BCUT2D eigenvalue weighted by atomic mass is 16.3. The Morgan fingerprint density at radius 2 is 2.27 bits per heavy atom. The van der Waals surface area contributed by atoms with E-state index in [0.29, 0.717) is 5.92 Å². The van der Waals surface area contributed by atoms with E-state index >= 15 is 0 Å². The average Bonchev–Trinajstić information content (AvgIpc) is 2.66. The van der Waals surface area contributed by atoms with E-state index in [-0.39, 0.29) is 6.61 Å². The molecule has 1 fully saturated rings. The first-order valence-corrected chi connectivity index (χ1v) is 5.64. The van der Waals surface area contributed by atoms with Gasteiger partial charge in [0, 0.05) is 18.2 Å². The number of piperidine rings is 1. The average molecular weight is 209 g/mol. The quantitative estimate of drug-likeness (QED) is 0.777. The molecule has 4 nitrogen and oxygen atoms in total. The van der Waals surface area contributed by atoms with Crippen LogP contribution in [-0.2, 0) is 0 Å². The summed E-state index contributed by atoms with van der Waals surface area (Å²) in [5.74, 6) is 0.627. The zero-order valence-electron chi connectivity index (χ0n) is 9.24. The number of β-amino-alcohol motifs (C(OH)–C–C–N with tert-alkyl or cyclic N) is 1. The maximum Gasteiger partial charge on any atom is 0.0558 e. The van der Waals surface area contributed by atoms with E-state index in [1.54, 1.807) is 0 Å². The van der Waals surface area contributed by atoms with Crippen molar-refractivity contribution in [1.29, 1.82) is 0 Å². The van der Waals surface area contributed by atoms with Gasteiger partial charge < -0.3 is 10.0 Å². The molecule has 0 bridgehead atoms. The summed E-state index contributed by atoms with van der Waals surface area (Å²) in [4.78, 5) is 2.32. The molecule has 0 saturated carbocycles. The van der Waals surface area contributed by atoms with Gasteiger partial charge in [-0.15, -0.1) is 0 Å². The number of nitrogens with zero attached hydrogens (tertiary/aromatic N) is 2. The summed E-state index contributed by atoms with van der Waals surface area (Å²) in [6.45, 7) is 5.37. The lowest BCUT2D eigenvalue weighted by Crippen LogP contribution is -2.35. The van der Waals surface area contributed by atoms with Crippen LogP contribution in [0.2, 0.25) is 0 Å². The molecular weight excluding hydrogens is 190 g/mol. The van der Waals surface area contributed by atoms with E-state index in [9.17, 15) is 0 Å². The van der Waals surface area contributed by atoms with Crippen LogP contribution in [0.4, 0.5) is 0 Å². The number of hydrogen-bond donors (Lipinski definition) is 2. The lowest BCUT2D eigenvalue weighted by molar-refractivity contribution is 0.163. The standard InChI is InChI=1S/C11H19N3O/c1-9-8-12-13-11(9)10-2-4-14(5-3-10)6-7-15/h8,10,15H,2-7H2,1H3,(H,12,13). The topological polar surface area (TPSA) is 52.2 Å². The van der Waals surface area contributed by atoms with E-state index < -0.39 is 0 Å². The lowest BCUT2D eigenvalue weighted by Gasteiger charge is -2.31. The maximum atomic E-state index is 8.85. The number of aryl methyl sites for hydroxylation is 1. The van der Waals surface area contributed by atoms with E-state index in [1.165, 1.54) is 24.1 Å². The third-order valence-corrected chi connectivity index (χ3v) is 3.28. The Hall–Kier alpha value is -0.870. The fourth-order valence-corrected chi connectivity index (χ4v) is 2.36. The number of hydrogen-bond acceptors (Lipinski definition) is 3. The van der Waals surface area contributed by atoms with Crippen molar-refractivity contribution in [3.63, 3.8) is 0 Å². The van der Waals surface area contributed by atoms with Crippen LogP contribution in [0.3, 0.4) is 0 Å². The predicted octanol–water partition coefficient (Wildman–Crippen LogP) is 0.890. The molecule has 1 saturated heterocycles. The highest BCUT2D eigenvalue weighted by Gasteiger charge is 2.22. The largest absolute Gasteiger partial charge is 0.395 e. The van der Waals surface area contributed by atoms with Crippen LogP contribution in [0.15, 0.2) is 6.20 Å². The summed E-state index contributed by atoms with van der Waals surface area (Å²) in [6, 6.07) is 0. The van der Waals surface area contributed by atoms with Crippen molar-refractivity contribution >= 4 is 0 Å². The molecule has 2 N–H and O–H groups in total. The van der Waals surface area contributed by atoms with Crippen LogP contribution in [0.5, 0.6) is 0 Å². The van der Waals surface area contributed by atoms with Gasteiger partial charge in [-0.25, -0.2) is 0 Å². The van der Waals surface area contributed by atoms with Crippen LogP contribution in [0, 0.1) is 6.92 Å². The third-order valence-electron chi connectivity index (χ3n) is 3.28. The molecule has 0 unspecified atom stereocenters. The Kier molecular flexibility index (Phi) is 3.38. The molecule has 84 valence electrons. The van der Waals surface area contributed by atoms with Crippen LogP contribution in [0.25, 0.3) is 0 Å². The van der Waals surface area contributed by atoms with Crippen LogP contribution >= 0.6 is 0 Å². The smallest absolute Gasteiger partial charge is 0.0558 e. The molecule has 2 heterocycles. The fourth-order valence-electron chi connectivity index (χ4n) is 2.36. The highest BCUT2D eigenvalue weighted by Crippen LogP contribution is 2.28. The molecule has 4 heteroatoms. The Bertz CT molecular complexity index is 303. The first kappa shape index (κ1) is 10.6. The van der Waals surface area contributed by atoms with E-state index in [2.05, 4.69) is 22.0 Å². The summed E-state index contributed by atoms with van der Waals surface area (Å²) in [7, 11) is 0. The monoisotopic (exact) mass is 209 g/mol. The summed E-state index contributed by atoms with van der Waals surface area (Å²) in [5.41, 5.74) is 2.58. The van der Waals surface area contributed by atoms with Crippen LogP contribution in [0.1, 0.15) is 30.0 Å². The zero-order chi connectivity index (χ0) is 10.7. The Morgan fingerprint density at radius 1 is 1.53 bits per heavy atom. The SMILES string of the molecule is Cc1cn[nH]c1C1CCN(CCO)CC1. The van der Waals surface area contributed by atoms with Gasteiger partial charge in [-0.3, -0.25) is 5.10 Å². The highest BCUT2D eigenvalue weighted by molar-refractivity contribution is 5.19. The Morgan fingerprint density at radius 3 is 2.80 bits per heavy atom. The minimum Gasteiger partial charge on any atom is -0.395 e. The molecule has 1 aliphatic heterocycles. The van der Waals surface area contributed by atoms with Gasteiger partial charge in [0.15, 0.2) is 0 Å². The first-order chi connectivity index (χ1) is 7.31. The summed E-state index contributed by atoms with van der Waals surface area (Å²) in [6.07, 6.45) is 4.24. The van der Waals surface area contributed by atoms with E-state index in [4.69, 9.17) is 5.11 Å². The van der Waals surface area contributed by atoms with Gasteiger partial charge >= 0.3 is 0 Å². The second-order valence-corrected chi connectivity index (χ2v) is 4.31. The molecule has 1 aromatic heterocycles. The number of likely N-dealkylation sites (tertiary alicyclic amines) is 1. The van der Waals surface area contributed by atoms with Gasteiger partial charge in [0.1, 0.15) is 0 Å². The van der Waals surface area contributed by atoms with E-state index in [0.717, 1.165) is 19.6 Å². The molecule has 1 aromatic rings. The van der Waals surface area contributed by atoms with Gasteiger partial charge in [-0.05, 0) is 38.4 Å². The summed E-state index contributed by atoms with van der Waals surface area (Å²) in [5, 5.41) is 16.0. The predicted molar refractivity (Wildman–Crippen MR) is 58.8 cm³/mol. The van der Waals surface area contributed by atoms with Gasteiger partial charge in [0.05, 0.1) is 12.8 Å². The minimum atomic E-state index is 0.272. The normalized spacial score (nSPS) is 19.6. The van der Waals surface area contributed by atoms with Crippen LogP contribution in [-0.4, -0.2) is 46.4 Å². The molecule has 0 aromatic carbocycles.